The molecule has 3 aliphatic rings. The van der Waals surface area contributed by atoms with Gasteiger partial charge in [0.05, 0.1) is 16.6 Å². The Kier molecular flexibility index (Phi) is 4.87. The second kappa shape index (κ2) is 7.78. The van der Waals surface area contributed by atoms with Gasteiger partial charge in [0.15, 0.2) is 23.1 Å². The second-order valence-corrected chi connectivity index (χ2v) is 10.5. The van der Waals surface area contributed by atoms with E-state index in [4.69, 9.17) is 11.6 Å². The molecule has 0 radical (unpaired) electrons. The zero-order chi connectivity index (χ0) is 21.8. The first-order valence-corrected chi connectivity index (χ1v) is 12.2. The average molecular weight is 469 g/mol. The molecule has 9 heteroatoms. The minimum Gasteiger partial charge on any atom is -0.364 e. The molecule has 4 heterocycles. The van der Waals surface area contributed by atoms with Crippen molar-refractivity contribution in [2.24, 2.45) is 11.8 Å². The summed E-state index contributed by atoms with van der Waals surface area (Å²) in [7, 11) is 0. The number of rotatable bonds is 4. The van der Waals surface area contributed by atoms with Gasteiger partial charge < -0.3 is 10.3 Å². The minimum atomic E-state index is -0.402. The lowest BCUT2D eigenvalue weighted by molar-refractivity contribution is 0.157. The summed E-state index contributed by atoms with van der Waals surface area (Å²) in [6, 6.07) is 4.13. The van der Waals surface area contributed by atoms with Crippen LogP contribution in [0.5, 0.6) is 0 Å². The Morgan fingerprint density at radius 2 is 2.00 bits per heavy atom. The molecule has 6 nitrogen and oxygen atoms in total. The Hall–Kier alpha value is -2.58. The summed E-state index contributed by atoms with van der Waals surface area (Å²) in [5.41, 5.74) is 2.11. The van der Waals surface area contributed by atoms with E-state index < -0.39 is 5.82 Å². The SMILES string of the molecule is Cc1ccc(-c2nc(-c3c[nH]c4ncc(Cl)nc34)nc(N[C@@H]3CC4CCC3CC4)c2F)s1. The molecular weight excluding hydrogens is 447 g/mol. The number of nitrogens with one attached hydrogen (secondary N) is 2. The van der Waals surface area contributed by atoms with Crippen molar-refractivity contribution in [3.05, 3.63) is 40.4 Å². The molecule has 3 aliphatic carbocycles. The van der Waals surface area contributed by atoms with Crippen molar-refractivity contribution in [1.82, 2.24) is 24.9 Å². The van der Waals surface area contributed by atoms with Crippen LogP contribution in [-0.2, 0) is 0 Å². The van der Waals surface area contributed by atoms with E-state index >= 15 is 4.39 Å². The summed E-state index contributed by atoms with van der Waals surface area (Å²) in [5, 5.41) is 3.75. The first kappa shape index (κ1) is 20.1. The predicted molar refractivity (Wildman–Crippen MR) is 125 cm³/mol. The Bertz CT molecular complexity index is 1310. The van der Waals surface area contributed by atoms with Gasteiger partial charge in [-0.05, 0) is 50.2 Å². The van der Waals surface area contributed by atoms with Crippen LogP contribution in [0.3, 0.4) is 0 Å². The summed E-state index contributed by atoms with van der Waals surface area (Å²) >= 11 is 7.61. The highest BCUT2D eigenvalue weighted by Crippen LogP contribution is 2.43. The molecule has 7 rings (SSSR count). The molecule has 0 amide bonds. The van der Waals surface area contributed by atoms with Crippen molar-refractivity contribution in [3.63, 3.8) is 0 Å². The lowest BCUT2D eigenvalue weighted by atomic mass is 9.68. The van der Waals surface area contributed by atoms with Gasteiger partial charge in [-0.15, -0.1) is 11.3 Å². The molecule has 2 bridgehead atoms. The van der Waals surface area contributed by atoms with E-state index in [0.29, 0.717) is 34.2 Å². The Labute approximate surface area is 193 Å². The summed E-state index contributed by atoms with van der Waals surface area (Å²) in [4.78, 5) is 22.9. The highest BCUT2D eigenvalue weighted by molar-refractivity contribution is 7.15. The molecule has 4 aromatic rings. The molecule has 3 saturated carbocycles. The van der Waals surface area contributed by atoms with Crippen LogP contribution < -0.4 is 5.32 Å². The van der Waals surface area contributed by atoms with Gasteiger partial charge in [-0.3, -0.25) is 0 Å². The largest absolute Gasteiger partial charge is 0.364 e. The Balaban J connectivity index is 1.48. The molecule has 0 aromatic carbocycles. The van der Waals surface area contributed by atoms with Crippen LogP contribution in [0.2, 0.25) is 5.15 Å². The molecule has 0 saturated heterocycles. The number of H-pyrrole nitrogens is 1. The van der Waals surface area contributed by atoms with Gasteiger partial charge in [0.2, 0.25) is 0 Å². The fraction of sp³-hybridized carbons (Fsp3) is 0.391. The standard InChI is InChI=1S/C23H22ClFN6S/c1-11-2-7-16(32-11)20-18(25)22(28-15-8-12-3-5-13(15)6-4-12)31-21(30-20)14-9-26-23-19(14)29-17(24)10-27-23/h2,7,9-10,12-13,15H,3-6,8H2,1H3,(H,26,27)(H,28,30,31)/t12?,13?,15-/m1/s1. The monoisotopic (exact) mass is 468 g/mol. The van der Waals surface area contributed by atoms with Crippen LogP contribution >= 0.6 is 22.9 Å². The van der Waals surface area contributed by atoms with Crippen LogP contribution in [0.4, 0.5) is 10.2 Å². The van der Waals surface area contributed by atoms with E-state index in [1.54, 1.807) is 6.20 Å². The number of aryl methyl sites for hydroxylation is 1. The van der Waals surface area contributed by atoms with Crippen LogP contribution in [0, 0.1) is 24.6 Å². The Morgan fingerprint density at radius 1 is 1.16 bits per heavy atom. The van der Waals surface area contributed by atoms with E-state index in [1.807, 2.05) is 19.1 Å². The van der Waals surface area contributed by atoms with Gasteiger partial charge in [0.1, 0.15) is 16.4 Å². The summed E-state index contributed by atoms with van der Waals surface area (Å²) in [6.07, 6.45) is 9.30. The van der Waals surface area contributed by atoms with Crippen molar-refractivity contribution in [3.8, 4) is 22.0 Å². The molecule has 0 spiro atoms. The summed E-state index contributed by atoms with van der Waals surface area (Å²) in [6.45, 7) is 2.00. The molecular formula is C23H22ClFN6S. The highest BCUT2D eigenvalue weighted by Gasteiger charge is 2.36. The van der Waals surface area contributed by atoms with Gasteiger partial charge in [-0.2, -0.15) is 0 Å². The van der Waals surface area contributed by atoms with Gasteiger partial charge >= 0.3 is 0 Å². The van der Waals surface area contributed by atoms with Crippen molar-refractivity contribution in [2.45, 2.75) is 45.1 Å². The lowest BCUT2D eigenvalue weighted by Gasteiger charge is -2.42. The second-order valence-electron chi connectivity index (χ2n) is 8.83. The molecule has 0 unspecified atom stereocenters. The van der Waals surface area contributed by atoms with Crippen LogP contribution in [0.15, 0.2) is 24.5 Å². The number of thiophene rings is 1. The van der Waals surface area contributed by atoms with Crippen LogP contribution in [-0.4, -0.2) is 31.0 Å². The third kappa shape index (κ3) is 3.46. The Morgan fingerprint density at radius 3 is 2.72 bits per heavy atom. The third-order valence-electron chi connectivity index (χ3n) is 6.79. The maximum absolute atomic E-state index is 15.7. The number of aromatic amines is 1. The molecule has 2 N–H and O–H groups in total. The average Bonchev–Trinajstić information content (AvgIpc) is 3.42. The van der Waals surface area contributed by atoms with Crippen molar-refractivity contribution >= 4 is 39.9 Å². The highest BCUT2D eigenvalue weighted by atomic mass is 35.5. The van der Waals surface area contributed by atoms with Crippen LogP contribution in [0.1, 0.15) is 37.0 Å². The zero-order valence-electron chi connectivity index (χ0n) is 17.5. The van der Waals surface area contributed by atoms with Gasteiger partial charge in [-0.1, -0.05) is 24.4 Å². The number of nitrogens with zero attached hydrogens (tertiary/aromatic N) is 4. The molecule has 1 atom stereocenters. The summed E-state index contributed by atoms with van der Waals surface area (Å²) in [5.74, 6) is 1.56. The first-order valence-electron chi connectivity index (χ1n) is 11.0. The maximum Gasteiger partial charge on any atom is 0.192 e. The number of aromatic nitrogens is 5. The quantitative estimate of drug-likeness (QED) is 0.371. The fourth-order valence-electron chi connectivity index (χ4n) is 5.16. The maximum atomic E-state index is 15.7. The molecule has 3 fully saturated rings. The van der Waals surface area contributed by atoms with Crippen molar-refractivity contribution in [1.29, 1.82) is 0 Å². The normalized spacial score (nSPS) is 22.5. The number of halogens is 2. The minimum absolute atomic E-state index is 0.245. The van der Waals surface area contributed by atoms with Crippen molar-refractivity contribution < 1.29 is 4.39 Å². The molecule has 0 aliphatic heterocycles. The fourth-order valence-corrected chi connectivity index (χ4v) is 6.14. The van der Waals surface area contributed by atoms with Gasteiger partial charge in [0.25, 0.3) is 0 Å². The van der Waals surface area contributed by atoms with Gasteiger partial charge in [-0.25, -0.2) is 24.3 Å². The predicted octanol–water partition coefficient (Wildman–Crippen LogP) is 6.23. The lowest BCUT2D eigenvalue weighted by Crippen LogP contribution is -2.40. The number of hydrogen-bond acceptors (Lipinski definition) is 6. The van der Waals surface area contributed by atoms with Crippen LogP contribution in [0.25, 0.3) is 33.1 Å². The van der Waals surface area contributed by atoms with Gasteiger partial charge in [0, 0.05) is 17.1 Å². The topological polar surface area (TPSA) is 79.4 Å². The van der Waals surface area contributed by atoms with E-state index in [9.17, 15) is 0 Å². The molecule has 4 aromatic heterocycles. The molecule has 32 heavy (non-hydrogen) atoms. The first-order chi connectivity index (χ1) is 15.5. The molecule has 164 valence electrons. The number of hydrogen-bond donors (Lipinski definition) is 2. The zero-order valence-corrected chi connectivity index (χ0v) is 19.1. The van der Waals surface area contributed by atoms with E-state index in [0.717, 1.165) is 22.1 Å². The number of fused-ring (bicyclic) bond motifs is 4. The van der Waals surface area contributed by atoms with E-state index in [2.05, 4.69) is 30.2 Å². The smallest absolute Gasteiger partial charge is 0.192 e. The van der Waals surface area contributed by atoms with E-state index in [-0.39, 0.29) is 17.0 Å². The van der Waals surface area contributed by atoms with Crippen molar-refractivity contribution in [2.75, 3.05) is 5.32 Å². The summed E-state index contributed by atoms with van der Waals surface area (Å²) < 4.78 is 15.7. The van der Waals surface area contributed by atoms with E-state index in [1.165, 1.54) is 43.2 Å². The number of anilines is 1. The third-order valence-corrected chi connectivity index (χ3v) is 7.98.